The number of para-hydroxylation sites is 1. The molecule has 5 heteroatoms. The third-order valence-electron chi connectivity index (χ3n) is 3.15. The van der Waals surface area contributed by atoms with Crippen LogP contribution in [-0.4, -0.2) is 36.0 Å². The van der Waals surface area contributed by atoms with Gasteiger partial charge in [-0.2, -0.15) is 0 Å². The lowest BCUT2D eigenvalue weighted by Gasteiger charge is -2.19. The number of anilines is 1. The van der Waals surface area contributed by atoms with Crippen molar-refractivity contribution >= 4 is 11.4 Å². The molecule has 19 heavy (non-hydrogen) atoms. The van der Waals surface area contributed by atoms with Crippen LogP contribution < -0.4 is 5.32 Å². The highest BCUT2D eigenvalue weighted by atomic mass is 16.6. The molecule has 0 heterocycles. The molecule has 0 unspecified atom stereocenters. The molecule has 0 aliphatic heterocycles. The number of benzene rings is 1. The van der Waals surface area contributed by atoms with Crippen LogP contribution in [0.4, 0.5) is 11.4 Å². The summed E-state index contributed by atoms with van der Waals surface area (Å²) >= 11 is 0. The van der Waals surface area contributed by atoms with Gasteiger partial charge in [-0.15, -0.1) is 0 Å². The van der Waals surface area contributed by atoms with Gasteiger partial charge >= 0.3 is 0 Å². The van der Waals surface area contributed by atoms with E-state index in [1.54, 1.807) is 19.1 Å². The normalized spacial score (nSPS) is 10.7. The van der Waals surface area contributed by atoms with Gasteiger partial charge in [0.25, 0.3) is 5.69 Å². The lowest BCUT2D eigenvalue weighted by atomic mass is 10.1. The molecular weight excluding hydrogens is 242 g/mol. The van der Waals surface area contributed by atoms with Crippen molar-refractivity contribution in [1.29, 1.82) is 0 Å². The largest absolute Gasteiger partial charge is 0.378 e. The molecule has 0 aliphatic carbocycles. The summed E-state index contributed by atoms with van der Waals surface area (Å²) in [6, 6.07) is 5.37. The van der Waals surface area contributed by atoms with Gasteiger partial charge in [0.15, 0.2) is 0 Å². The van der Waals surface area contributed by atoms with Crippen LogP contribution in [0.25, 0.3) is 0 Å². The molecule has 0 aliphatic rings. The molecule has 0 saturated heterocycles. The van der Waals surface area contributed by atoms with Gasteiger partial charge in [0.05, 0.1) is 4.92 Å². The smallest absolute Gasteiger partial charge is 0.295 e. The lowest BCUT2D eigenvalue weighted by Crippen LogP contribution is -2.29. The van der Waals surface area contributed by atoms with Gasteiger partial charge in [0.2, 0.25) is 0 Å². The Bertz CT molecular complexity index is 421. The van der Waals surface area contributed by atoms with Gasteiger partial charge < -0.3 is 10.2 Å². The van der Waals surface area contributed by atoms with Crippen LogP contribution in [0.1, 0.15) is 25.8 Å². The molecule has 0 atom stereocenters. The summed E-state index contributed by atoms with van der Waals surface area (Å²) in [4.78, 5) is 13.1. The monoisotopic (exact) mass is 265 g/mol. The second kappa shape index (κ2) is 7.74. The van der Waals surface area contributed by atoms with Crippen LogP contribution in [0.15, 0.2) is 18.2 Å². The molecule has 106 valence electrons. The minimum absolute atomic E-state index is 0.182. The fraction of sp³-hybridized carbons (Fsp3) is 0.571. The number of likely N-dealkylation sites (N-methyl/N-ethyl adjacent to an activating group) is 1. The first-order valence-corrected chi connectivity index (χ1v) is 6.80. The van der Waals surface area contributed by atoms with Crippen LogP contribution in [0.3, 0.4) is 0 Å². The van der Waals surface area contributed by atoms with E-state index in [9.17, 15) is 10.1 Å². The average Bonchev–Trinajstić information content (AvgIpc) is 2.37. The molecule has 1 N–H and O–H groups in total. The van der Waals surface area contributed by atoms with Crippen molar-refractivity contribution in [2.24, 2.45) is 0 Å². The molecule has 1 aromatic carbocycles. The van der Waals surface area contributed by atoms with Crippen molar-refractivity contribution in [1.82, 2.24) is 4.90 Å². The second-order valence-corrected chi connectivity index (χ2v) is 4.59. The predicted molar refractivity (Wildman–Crippen MR) is 78.7 cm³/mol. The molecule has 1 rings (SSSR count). The van der Waals surface area contributed by atoms with Gasteiger partial charge in [0.1, 0.15) is 5.69 Å². The number of hydrogen-bond acceptors (Lipinski definition) is 4. The number of aryl methyl sites for hydroxylation is 1. The van der Waals surface area contributed by atoms with E-state index >= 15 is 0 Å². The first-order valence-electron chi connectivity index (χ1n) is 6.80. The highest BCUT2D eigenvalue weighted by Gasteiger charge is 2.16. The Morgan fingerprint density at radius 2 is 2.05 bits per heavy atom. The quantitative estimate of drug-likeness (QED) is 0.579. The Kier molecular flexibility index (Phi) is 6.29. The molecule has 1 aromatic rings. The minimum Gasteiger partial charge on any atom is -0.378 e. The standard InChI is InChI=1S/C14H23N3O2/c1-4-10-16(5-2)11-9-15-13-8-6-7-12(3)14(13)17(18)19/h6-8,15H,4-5,9-11H2,1-3H3. The number of nitro benzene ring substituents is 1. The van der Waals surface area contributed by atoms with Gasteiger partial charge in [-0.25, -0.2) is 0 Å². The van der Waals surface area contributed by atoms with E-state index in [2.05, 4.69) is 24.1 Å². The van der Waals surface area contributed by atoms with E-state index in [4.69, 9.17) is 0 Å². The molecule has 0 fully saturated rings. The summed E-state index contributed by atoms with van der Waals surface area (Å²) in [6.45, 7) is 9.73. The molecule has 5 nitrogen and oxygen atoms in total. The van der Waals surface area contributed by atoms with Gasteiger partial charge in [-0.3, -0.25) is 10.1 Å². The van der Waals surface area contributed by atoms with Crippen molar-refractivity contribution in [2.45, 2.75) is 27.2 Å². The van der Waals surface area contributed by atoms with E-state index in [-0.39, 0.29) is 10.6 Å². The molecule has 0 bridgehead atoms. The van der Waals surface area contributed by atoms with Crippen molar-refractivity contribution in [3.8, 4) is 0 Å². The Labute approximate surface area is 114 Å². The second-order valence-electron chi connectivity index (χ2n) is 4.59. The van der Waals surface area contributed by atoms with E-state index in [0.29, 0.717) is 11.3 Å². The van der Waals surface area contributed by atoms with Gasteiger partial charge in [-0.05, 0) is 32.5 Å². The number of nitro groups is 1. The highest BCUT2D eigenvalue weighted by molar-refractivity contribution is 5.64. The third-order valence-corrected chi connectivity index (χ3v) is 3.15. The summed E-state index contributed by atoms with van der Waals surface area (Å²) in [5, 5.41) is 14.2. The van der Waals surface area contributed by atoms with Crippen molar-refractivity contribution in [3.05, 3.63) is 33.9 Å². The lowest BCUT2D eigenvalue weighted by molar-refractivity contribution is -0.384. The number of hydrogen-bond donors (Lipinski definition) is 1. The molecular formula is C14H23N3O2. The Morgan fingerprint density at radius 1 is 1.32 bits per heavy atom. The summed E-state index contributed by atoms with van der Waals surface area (Å²) in [7, 11) is 0. The molecule has 0 aromatic heterocycles. The number of nitrogens with one attached hydrogen (secondary N) is 1. The van der Waals surface area contributed by atoms with Crippen LogP contribution in [0.2, 0.25) is 0 Å². The van der Waals surface area contributed by atoms with Gasteiger partial charge in [-0.1, -0.05) is 26.0 Å². The average molecular weight is 265 g/mol. The number of nitrogens with zero attached hydrogens (tertiary/aromatic N) is 2. The summed E-state index contributed by atoms with van der Waals surface area (Å²) < 4.78 is 0. The van der Waals surface area contributed by atoms with Crippen LogP contribution in [0.5, 0.6) is 0 Å². The topological polar surface area (TPSA) is 58.4 Å². The van der Waals surface area contributed by atoms with E-state index < -0.39 is 0 Å². The SMILES string of the molecule is CCCN(CC)CCNc1cccc(C)c1[N+](=O)[O-]. The van der Waals surface area contributed by atoms with E-state index in [1.807, 2.05) is 6.07 Å². The van der Waals surface area contributed by atoms with E-state index in [1.165, 1.54) is 0 Å². The predicted octanol–water partition coefficient (Wildman–Crippen LogP) is 3.05. The Morgan fingerprint density at radius 3 is 2.63 bits per heavy atom. The zero-order chi connectivity index (χ0) is 14.3. The minimum atomic E-state index is -0.318. The maximum absolute atomic E-state index is 11.1. The maximum Gasteiger partial charge on any atom is 0.295 e. The molecule has 0 spiro atoms. The van der Waals surface area contributed by atoms with Crippen molar-refractivity contribution in [2.75, 3.05) is 31.5 Å². The van der Waals surface area contributed by atoms with E-state index in [0.717, 1.165) is 32.6 Å². The van der Waals surface area contributed by atoms with Crippen LogP contribution >= 0.6 is 0 Å². The Hall–Kier alpha value is -1.62. The zero-order valence-corrected chi connectivity index (χ0v) is 12.0. The van der Waals surface area contributed by atoms with Gasteiger partial charge in [0, 0.05) is 18.7 Å². The fourth-order valence-corrected chi connectivity index (χ4v) is 2.14. The Balaban J connectivity index is 2.63. The van der Waals surface area contributed by atoms with Crippen molar-refractivity contribution < 1.29 is 4.92 Å². The summed E-state index contributed by atoms with van der Waals surface area (Å²) in [5.41, 5.74) is 1.48. The summed E-state index contributed by atoms with van der Waals surface area (Å²) in [5.74, 6) is 0. The maximum atomic E-state index is 11.1. The molecule has 0 radical (unpaired) electrons. The summed E-state index contributed by atoms with van der Waals surface area (Å²) in [6.07, 6.45) is 1.12. The highest BCUT2D eigenvalue weighted by Crippen LogP contribution is 2.27. The number of rotatable bonds is 8. The molecule has 0 amide bonds. The van der Waals surface area contributed by atoms with Crippen LogP contribution in [-0.2, 0) is 0 Å². The van der Waals surface area contributed by atoms with Crippen molar-refractivity contribution in [3.63, 3.8) is 0 Å². The zero-order valence-electron chi connectivity index (χ0n) is 12.0. The first kappa shape index (κ1) is 15.4. The fourth-order valence-electron chi connectivity index (χ4n) is 2.14. The third kappa shape index (κ3) is 4.52. The molecule has 0 saturated carbocycles. The first-order chi connectivity index (χ1) is 9.10. The van der Waals surface area contributed by atoms with Crippen LogP contribution in [0, 0.1) is 17.0 Å².